The lowest BCUT2D eigenvalue weighted by atomic mass is 10.2. The van der Waals surface area contributed by atoms with E-state index in [-0.39, 0.29) is 6.04 Å². The Morgan fingerprint density at radius 2 is 2.18 bits per heavy atom. The number of aromatic nitrogens is 1. The first-order valence-corrected chi connectivity index (χ1v) is 3.50. The summed E-state index contributed by atoms with van der Waals surface area (Å²) in [5, 5.41) is 0. The first kappa shape index (κ1) is 8.14. The van der Waals surface area contributed by atoms with Gasteiger partial charge in [0.05, 0.1) is 5.69 Å². The third kappa shape index (κ3) is 1.74. The molecule has 1 rings (SSSR count). The Bertz CT molecular complexity index is 258. The van der Waals surface area contributed by atoms with Crippen molar-refractivity contribution in [1.82, 2.24) is 4.98 Å². The number of nitrogens with zero attached hydrogens (tertiary/aromatic N) is 1. The standard InChI is InChI=1S/C8H11FN2/c1-5-3-4-7(6(2)10)11-8(5)9/h3-4,6H,10H2,1-2H3. The van der Waals surface area contributed by atoms with Gasteiger partial charge in [0, 0.05) is 11.6 Å². The third-order valence-electron chi connectivity index (χ3n) is 1.52. The van der Waals surface area contributed by atoms with Crippen molar-refractivity contribution in [2.45, 2.75) is 19.9 Å². The van der Waals surface area contributed by atoms with Gasteiger partial charge in [-0.3, -0.25) is 0 Å². The van der Waals surface area contributed by atoms with Gasteiger partial charge < -0.3 is 5.73 Å². The zero-order valence-electron chi connectivity index (χ0n) is 6.63. The van der Waals surface area contributed by atoms with Crippen molar-refractivity contribution in [2.24, 2.45) is 5.73 Å². The lowest BCUT2D eigenvalue weighted by Gasteiger charge is -2.04. The van der Waals surface area contributed by atoms with Gasteiger partial charge in [-0.25, -0.2) is 4.98 Å². The largest absolute Gasteiger partial charge is 0.323 e. The zero-order valence-corrected chi connectivity index (χ0v) is 6.63. The van der Waals surface area contributed by atoms with Gasteiger partial charge in [-0.2, -0.15) is 4.39 Å². The van der Waals surface area contributed by atoms with Crippen LogP contribution in [0.15, 0.2) is 12.1 Å². The maximum Gasteiger partial charge on any atom is 0.216 e. The number of hydrogen-bond donors (Lipinski definition) is 1. The van der Waals surface area contributed by atoms with Crippen LogP contribution in [-0.4, -0.2) is 4.98 Å². The van der Waals surface area contributed by atoms with Crippen molar-refractivity contribution < 1.29 is 4.39 Å². The number of aryl methyl sites for hydroxylation is 1. The highest BCUT2D eigenvalue weighted by Crippen LogP contribution is 2.09. The minimum Gasteiger partial charge on any atom is -0.323 e. The molecule has 0 aliphatic carbocycles. The summed E-state index contributed by atoms with van der Waals surface area (Å²) in [5.41, 5.74) is 6.64. The number of pyridine rings is 1. The SMILES string of the molecule is Cc1ccc(C(C)N)nc1F. The van der Waals surface area contributed by atoms with Gasteiger partial charge in [-0.05, 0) is 19.9 Å². The minimum atomic E-state index is -0.431. The zero-order chi connectivity index (χ0) is 8.43. The van der Waals surface area contributed by atoms with E-state index in [9.17, 15) is 4.39 Å². The molecule has 0 radical (unpaired) electrons. The molecule has 3 heteroatoms. The maximum absolute atomic E-state index is 12.8. The van der Waals surface area contributed by atoms with Gasteiger partial charge in [0.2, 0.25) is 5.95 Å². The molecule has 0 fully saturated rings. The third-order valence-corrected chi connectivity index (χ3v) is 1.52. The van der Waals surface area contributed by atoms with Gasteiger partial charge in [0.25, 0.3) is 0 Å². The van der Waals surface area contributed by atoms with E-state index in [0.717, 1.165) is 0 Å². The summed E-state index contributed by atoms with van der Waals surface area (Å²) in [6, 6.07) is 3.22. The number of rotatable bonds is 1. The predicted octanol–water partition coefficient (Wildman–Crippen LogP) is 1.55. The number of halogens is 1. The van der Waals surface area contributed by atoms with E-state index >= 15 is 0 Å². The molecule has 0 aliphatic rings. The van der Waals surface area contributed by atoms with E-state index in [1.807, 2.05) is 0 Å². The molecule has 60 valence electrons. The molecular formula is C8H11FN2. The molecule has 0 amide bonds. The summed E-state index contributed by atoms with van der Waals surface area (Å²) >= 11 is 0. The lowest BCUT2D eigenvalue weighted by Crippen LogP contribution is -2.08. The van der Waals surface area contributed by atoms with E-state index in [1.165, 1.54) is 0 Å². The average Bonchev–Trinajstić information content (AvgIpc) is 1.94. The molecule has 2 nitrogen and oxygen atoms in total. The van der Waals surface area contributed by atoms with E-state index in [2.05, 4.69) is 4.98 Å². The van der Waals surface area contributed by atoms with Crippen molar-refractivity contribution in [3.05, 3.63) is 29.3 Å². The highest BCUT2D eigenvalue weighted by atomic mass is 19.1. The molecule has 0 saturated heterocycles. The van der Waals surface area contributed by atoms with Crippen LogP contribution in [0.2, 0.25) is 0 Å². The summed E-state index contributed by atoms with van der Waals surface area (Å²) in [6.45, 7) is 3.45. The van der Waals surface area contributed by atoms with Crippen LogP contribution in [-0.2, 0) is 0 Å². The Kier molecular flexibility index (Phi) is 2.19. The van der Waals surface area contributed by atoms with Crippen LogP contribution >= 0.6 is 0 Å². The molecule has 0 bridgehead atoms. The van der Waals surface area contributed by atoms with Crippen molar-refractivity contribution in [1.29, 1.82) is 0 Å². The molecule has 2 N–H and O–H groups in total. The molecule has 1 aromatic rings. The van der Waals surface area contributed by atoms with Crippen LogP contribution in [0.5, 0.6) is 0 Å². The van der Waals surface area contributed by atoms with E-state index in [1.54, 1.807) is 26.0 Å². The fourth-order valence-electron chi connectivity index (χ4n) is 0.772. The van der Waals surface area contributed by atoms with Gasteiger partial charge in [-0.15, -0.1) is 0 Å². The summed E-state index contributed by atoms with van der Waals surface area (Å²) in [7, 11) is 0. The first-order chi connectivity index (χ1) is 5.11. The van der Waals surface area contributed by atoms with E-state index < -0.39 is 5.95 Å². The molecule has 1 unspecified atom stereocenters. The Balaban J connectivity index is 3.05. The molecule has 1 aromatic heterocycles. The molecule has 0 aromatic carbocycles. The molecule has 11 heavy (non-hydrogen) atoms. The first-order valence-electron chi connectivity index (χ1n) is 3.50. The molecule has 0 saturated carbocycles. The highest BCUT2D eigenvalue weighted by Gasteiger charge is 2.03. The van der Waals surface area contributed by atoms with Gasteiger partial charge in [0.15, 0.2) is 0 Å². The molecular weight excluding hydrogens is 143 g/mol. The topological polar surface area (TPSA) is 38.9 Å². The molecule has 1 heterocycles. The van der Waals surface area contributed by atoms with Crippen LogP contribution in [0.1, 0.15) is 24.2 Å². The van der Waals surface area contributed by atoms with Crippen molar-refractivity contribution in [2.75, 3.05) is 0 Å². The van der Waals surface area contributed by atoms with Crippen molar-refractivity contribution in [3.63, 3.8) is 0 Å². The quantitative estimate of drug-likeness (QED) is 0.623. The summed E-state index contributed by atoms with van der Waals surface area (Å²) in [6.07, 6.45) is 0. The minimum absolute atomic E-state index is 0.204. The number of hydrogen-bond acceptors (Lipinski definition) is 2. The van der Waals surface area contributed by atoms with Gasteiger partial charge in [-0.1, -0.05) is 6.07 Å². The monoisotopic (exact) mass is 154 g/mol. The lowest BCUT2D eigenvalue weighted by molar-refractivity contribution is 0.561. The highest BCUT2D eigenvalue weighted by molar-refractivity contribution is 5.15. The second kappa shape index (κ2) is 2.96. The van der Waals surface area contributed by atoms with Crippen LogP contribution < -0.4 is 5.73 Å². The Hall–Kier alpha value is -0.960. The summed E-state index contributed by atoms with van der Waals surface area (Å²) < 4.78 is 12.8. The molecule has 0 aliphatic heterocycles. The fraction of sp³-hybridized carbons (Fsp3) is 0.375. The normalized spacial score (nSPS) is 13.1. The second-order valence-electron chi connectivity index (χ2n) is 2.63. The van der Waals surface area contributed by atoms with Crippen molar-refractivity contribution >= 4 is 0 Å². The van der Waals surface area contributed by atoms with Crippen LogP contribution in [0, 0.1) is 12.9 Å². The van der Waals surface area contributed by atoms with Crippen LogP contribution in [0.3, 0.4) is 0 Å². The molecule has 1 atom stereocenters. The Labute approximate surface area is 65.3 Å². The summed E-state index contributed by atoms with van der Waals surface area (Å²) in [4.78, 5) is 3.68. The van der Waals surface area contributed by atoms with Crippen molar-refractivity contribution in [3.8, 4) is 0 Å². The smallest absolute Gasteiger partial charge is 0.216 e. The van der Waals surface area contributed by atoms with Crippen LogP contribution in [0.25, 0.3) is 0 Å². The van der Waals surface area contributed by atoms with E-state index in [0.29, 0.717) is 11.3 Å². The Morgan fingerprint density at radius 3 is 2.64 bits per heavy atom. The number of nitrogens with two attached hydrogens (primary N) is 1. The average molecular weight is 154 g/mol. The maximum atomic E-state index is 12.8. The van der Waals surface area contributed by atoms with Gasteiger partial charge in [0.1, 0.15) is 0 Å². The van der Waals surface area contributed by atoms with Gasteiger partial charge >= 0.3 is 0 Å². The summed E-state index contributed by atoms with van der Waals surface area (Å²) in [5.74, 6) is -0.431. The fourth-order valence-corrected chi connectivity index (χ4v) is 0.772. The van der Waals surface area contributed by atoms with E-state index in [4.69, 9.17) is 5.73 Å². The Morgan fingerprint density at radius 1 is 1.55 bits per heavy atom. The predicted molar refractivity (Wildman–Crippen MR) is 41.5 cm³/mol. The van der Waals surface area contributed by atoms with Crippen LogP contribution in [0.4, 0.5) is 4.39 Å². The molecule has 0 spiro atoms. The second-order valence-corrected chi connectivity index (χ2v) is 2.63.